The van der Waals surface area contributed by atoms with E-state index in [1.54, 1.807) is 0 Å². The maximum absolute atomic E-state index is 12.2. The van der Waals surface area contributed by atoms with Crippen molar-refractivity contribution in [3.63, 3.8) is 0 Å². The van der Waals surface area contributed by atoms with E-state index in [-0.39, 0.29) is 11.2 Å². The van der Waals surface area contributed by atoms with E-state index in [2.05, 4.69) is 22.1 Å². The minimum Gasteiger partial charge on any atom is -0.468 e. The summed E-state index contributed by atoms with van der Waals surface area (Å²) in [5.41, 5.74) is 3.71. The van der Waals surface area contributed by atoms with Crippen molar-refractivity contribution in [2.75, 3.05) is 7.11 Å². The van der Waals surface area contributed by atoms with Crippen LogP contribution in [0.15, 0.2) is 72.1 Å². The molecule has 0 N–H and O–H groups in total. The lowest BCUT2D eigenvalue weighted by Crippen LogP contribution is -2.17. The third-order valence-corrected chi connectivity index (χ3v) is 6.39. The number of rotatable bonds is 6. The van der Waals surface area contributed by atoms with Crippen molar-refractivity contribution < 1.29 is 9.53 Å². The van der Waals surface area contributed by atoms with Gasteiger partial charge in [0, 0.05) is 22.5 Å². The molecular formula is C23H20ClN3O2S. The van der Waals surface area contributed by atoms with E-state index in [1.165, 1.54) is 25.2 Å². The number of ether oxygens (including phenoxy) is 1. The zero-order valence-corrected chi connectivity index (χ0v) is 18.2. The first kappa shape index (κ1) is 20.4. The third kappa shape index (κ3) is 3.93. The highest BCUT2D eigenvalue weighted by atomic mass is 35.5. The highest BCUT2D eigenvalue weighted by Crippen LogP contribution is 2.38. The van der Waals surface area contributed by atoms with Crippen molar-refractivity contribution in [1.29, 1.82) is 0 Å². The normalized spacial score (nSPS) is 12.1. The van der Waals surface area contributed by atoms with E-state index in [9.17, 15) is 4.79 Å². The Morgan fingerprint density at radius 2 is 1.97 bits per heavy atom. The maximum Gasteiger partial charge on any atom is 0.319 e. The van der Waals surface area contributed by atoms with Gasteiger partial charge in [0.05, 0.1) is 12.5 Å². The van der Waals surface area contributed by atoms with Gasteiger partial charge in [0.15, 0.2) is 0 Å². The fourth-order valence-electron chi connectivity index (χ4n) is 3.35. The number of nitrogens with zero attached hydrogens (tertiary/aromatic N) is 3. The summed E-state index contributed by atoms with van der Waals surface area (Å²) < 4.78 is 6.98. The molecule has 1 unspecified atom stereocenters. The number of carbonyl (C=O) groups is 1. The second-order valence-corrected chi connectivity index (χ2v) is 8.30. The number of aromatic nitrogens is 3. The Balaban J connectivity index is 1.95. The fourth-order valence-corrected chi connectivity index (χ4v) is 4.59. The quantitative estimate of drug-likeness (QED) is 0.217. The first-order chi connectivity index (χ1) is 14.6. The molecular weight excluding hydrogens is 418 g/mol. The van der Waals surface area contributed by atoms with Gasteiger partial charge < -0.3 is 9.30 Å². The van der Waals surface area contributed by atoms with Gasteiger partial charge in [-0.05, 0) is 30.2 Å². The van der Waals surface area contributed by atoms with Gasteiger partial charge in [-0.1, -0.05) is 66.7 Å². The number of fused-ring (bicyclic) bond motifs is 1. The van der Waals surface area contributed by atoms with Crippen molar-refractivity contribution in [2.45, 2.75) is 23.6 Å². The van der Waals surface area contributed by atoms with Gasteiger partial charge in [0.1, 0.15) is 22.3 Å². The van der Waals surface area contributed by atoms with E-state index in [1.807, 2.05) is 60.2 Å². The fraction of sp³-hybridized carbons (Fsp3) is 0.174. The molecule has 0 aliphatic heterocycles. The average Bonchev–Trinajstić information content (AvgIpc) is 3.18. The van der Waals surface area contributed by atoms with Crippen LogP contribution >= 0.6 is 23.4 Å². The molecule has 2 aromatic heterocycles. The van der Waals surface area contributed by atoms with Gasteiger partial charge in [-0.2, -0.15) is 0 Å². The number of benzene rings is 2. The first-order valence-electron chi connectivity index (χ1n) is 9.54. The van der Waals surface area contributed by atoms with Gasteiger partial charge in [-0.3, -0.25) is 4.79 Å². The summed E-state index contributed by atoms with van der Waals surface area (Å²) in [7, 11) is 1.41. The van der Waals surface area contributed by atoms with E-state index in [4.69, 9.17) is 16.3 Å². The van der Waals surface area contributed by atoms with Crippen LogP contribution in [0.4, 0.5) is 0 Å². The monoisotopic (exact) mass is 437 g/mol. The van der Waals surface area contributed by atoms with Crippen molar-refractivity contribution in [3.8, 4) is 16.8 Å². The van der Waals surface area contributed by atoms with Crippen molar-refractivity contribution in [2.24, 2.45) is 0 Å². The lowest BCUT2D eigenvalue weighted by Gasteiger charge is -2.12. The lowest BCUT2D eigenvalue weighted by molar-refractivity contribution is -0.140. The highest BCUT2D eigenvalue weighted by Gasteiger charge is 2.24. The van der Waals surface area contributed by atoms with Gasteiger partial charge in [-0.15, -0.1) is 0 Å². The van der Waals surface area contributed by atoms with Crippen LogP contribution in [0.5, 0.6) is 0 Å². The molecule has 0 amide bonds. The summed E-state index contributed by atoms with van der Waals surface area (Å²) in [6.07, 6.45) is 4.21. The minimum absolute atomic E-state index is 0.259. The Kier molecular flexibility index (Phi) is 6.06. The van der Waals surface area contributed by atoms with Crippen LogP contribution in [0.25, 0.3) is 27.8 Å². The molecule has 0 saturated carbocycles. The van der Waals surface area contributed by atoms with Crippen LogP contribution in [0.1, 0.15) is 13.3 Å². The second kappa shape index (κ2) is 8.90. The lowest BCUT2D eigenvalue weighted by atomic mass is 10.1. The van der Waals surface area contributed by atoms with Gasteiger partial charge in [0.2, 0.25) is 0 Å². The number of carbonyl (C=O) groups excluding carboxylic acids is 1. The van der Waals surface area contributed by atoms with Crippen LogP contribution in [-0.2, 0) is 9.53 Å². The van der Waals surface area contributed by atoms with Crippen LogP contribution < -0.4 is 0 Å². The number of hydrogen-bond acceptors (Lipinski definition) is 5. The first-order valence-corrected chi connectivity index (χ1v) is 10.8. The molecule has 0 saturated heterocycles. The van der Waals surface area contributed by atoms with E-state index in [0.717, 1.165) is 32.9 Å². The molecule has 5 nitrogen and oxygen atoms in total. The Labute approximate surface area is 184 Å². The largest absolute Gasteiger partial charge is 0.468 e. The molecule has 4 rings (SSSR count). The maximum atomic E-state index is 12.2. The van der Waals surface area contributed by atoms with Crippen molar-refractivity contribution in [1.82, 2.24) is 14.5 Å². The molecule has 7 heteroatoms. The molecule has 0 spiro atoms. The molecule has 152 valence electrons. The van der Waals surface area contributed by atoms with Crippen LogP contribution in [0.2, 0.25) is 5.02 Å². The van der Waals surface area contributed by atoms with Crippen LogP contribution in [0, 0.1) is 0 Å². The summed E-state index contributed by atoms with van der Waals surface area (Å²) in [4.78, 5) is 21.3. The van der Waals surface area contributed by atoms with E-state index >= 15 is 0 Å². The second-order valence-electron chi connectivity index (χ2n) is 6.67. The number of hydrogen-bond donors (Lipinski definition) is 0. The summed E-state index contributed by atoms with van der Waals surface area (Å²) in [6.45, 7) is 1.96. The smallest absolute Gasteiger partial charge is 0.319 e. The molecule has 0 bridgehead atoms. The molecule has 0 aliphatic rings. The molecule has 0 aliphatic carbocycles. The highest BCUT2D eigenvalue weighted by molar-refractivity contribution is 8.00. The standard InChI is InChI=1S/C23H20ClN3O2S/c1-3-19(23(28)29-2)30-22-20-18(15-8-5-4-6-9-15)13-27(21(20)25-14-26-22)17-11-7-10-16(24)12-17/h4-14,19H,3H2,1-2H3. The van der Waals surface area contributed by atoms with E-state index < -0.39 is 0 Å². The summed E-state index contributed by atoms with van der Waals surface area (Å²) >= 11 is 7.64. The Morgan fingerprint density at radius 3 is 2.67 bits per heavy atom. The summed E-state index contributed by atoms with van der Waals surface area (Å²) in [5, 5.41) is 1.95. The van der Waals surface area contributed by atoms with E-state index in [0.29, 0.717) is 11.4 Å². The molecule has 2 heterocycles. The van der Waals surface area contributed by atoms with Crippen molar-refractivity contribution >= 4 is 40.4 Å². The predicted octanol–water partition coefficient (Wildman–Crippen LogP) is 5.78. The zero-order valence-electron chi connectivity index (χ0n) is 16.6. The number of methoxy groups -OCH3 is 1. The Hall–Kier alpha value is -2.83. The van der Waals surface area contributed by atoms with Gasteiger partial charge >= 0.3 is 5.97 Å². The number of esters is 1. The SMILES string of the molecule is CCC(Sc1ncnc2c1c(-c1ccccc1)cn2-c1cccc(Cl)c1)C(=O)OC. The minimum atomic E-state index is -0.341. The molecule has 0 radical (unpaired) electrons. The third-order valence-electron chi connectivity index (χ3n) is 4.81. The number of thioether (sulfide) groups is 1. The topological polar surface area (TPSA) is 57.0 Å². The van der Waals surface area contributed by atoms with Gasteiger partial charge in [-0.25, -0.2) is 9.97 Å². The van der Waals surface area contributed by atoms with Crippen LogP contribution in [0.3, 0.4) is 0 Å². The average molecular weight is 438 g/mol. The molecule has 2 aromatic carbocycles. The Morgan fingerprint density at radius 1 is 1.17 bits per heavy atom. The molecule has 0 fully saturated rings. The van der Waals surface area contributed by atoms with Gasteiger partial charge in [0.25, 0.3) is 0 Å². The Bertz CT molecular complexity index is 1190. The summed E-state index contributed by atoms with van der Waals surface area (Å²) in [5.74, 6) is -0.259. The predicted molar refractivity (Wildman–Crippen MR) is 121 cm³/mol. The van der Waals surface area contributed by atoms with Crippen LogP contribution in [-0.4, -0.2) is 32.9 Å². The molecule has 30 heavy (non-hydrogen) atoms. The number of halogens is 1. The molecule has 1 atom stereocenters. The summed E-state index contributed by atoms with van der Waals surface area (Å²) in [6, 6.07) is 17.7. The zero-order chi connectivity index (χ0) is 21.1. The van der Waals surface area contributed by atoms with Crippen molar-refractivity contribution in [3.05, 3.63) is 72.1 Å². The molecule has 4 aromatic rings.